The molecule has 3 N–H and O–H groups in total. The van der Waals surface area contributed by atoms with Crippen LogP contribution in [0.4, 0.5) is 18.9 Å². The number of imidazole rings is 1. The average molecular weight is 456 g/mol. The summed E-state index contributed by atoms with van der Waals surface area (Å²) in [4.78, 5) is 16.2. The van der Waals surface area contributed by atoms with E-state index in [1.807, 2.05) is 30.5 Å². The fourth-order valence-electron chi connectivity index (χ4n) is 3.92. The number of benzene rings is 2. The van der Waals surface area contributed by atoms with Gasteiger partial charge in [-0.25, -0.2) is 4.98 Å². The highest BCUT2D eigenvalue weighted by molar-refractivity contribution is 5.96. The van der Waals surface area contributed by atoms with Crippen molar-refractivity contribution in [2.45, 2.75) is 26.4 Å². The molecule has 4 aromatic rings. The Morgan fingerprint density at radius 2 is 1.91 bits per heavy atom. The maximum absolute atomic E-state index is 12.7. The Morgan fingerprint density at radius 1 is 1.15 bits per heavy atom. The summed E-state index contributed by atoms with van der Waals surface area (Å²) in [6, 6.07) is 8.99. The first-order valence-corrected chi connectivity index (χ1v) is 10.3. The number of amides is 1. The van der Waals surface area contributed by atoms with Gasteiger partial charge in [-0.3, -0.25) is 14.0 Å². The van der Waals surface area contributed by atoms with Crippen molar-refractivity contribution in [1.82, 2.24) is 19.3 Å². The first-order chi connectivity index (χ1) is 15.6. The van der Waals surface area contributed by atoms with Gasteiger partial charge in [0.15, 0.2) is 0 Å². The lowest BCUT2D eigenvalue weighted by molar-refractivity contribution is -0.131. The topological polar surface area (TPSA) is 90.8 Å². The van der Waals surface area contributed by atoms with E-state index in [9.17, 15) is 18.0 Å². The molecule has 0 saturated carbocycles. The highest BCUT2D eigenvalue weighted by atomic mass is 19.4. The van der Waals surface area contributed by atoms with Gasteiger partial charge in [0.05, 0.1) is 29.0 Å². The molecule has 0 unspecified atom stereocenters. The smallest absolute Gasteiger partial charge is 0.383 e. The summed E-state index contributed by atoms with van der Waals surface area (Å²) in [7, 11) is 1.80. The second-order valence-corrected chi connectivity index (χ2v) is 7.88. The van der Waals surface area contributed by atoms with E-state index in [1.54, 1.807) is 42.5 Å². The molecular weight excluding hydrogens is 433 g/mol. The number of nitrogens with two attached hydrogens (primary N) is 1. The number of aromatic nitrogens is 4. The first-order valence-electron chi connectivity index (χ1n) is 10.3. The van der Waals surface area contributed by atoms with Gasteiger partial charge in [-0.05, 0) is 55.3 Å². The van der Waals surface area contributed by atoms with Crippen molar-refractivity contribution >= 4 is 22.6 Å². The molecule has 2 heterocycles. The number of carbonyl (C=O) groups is 1. The zero-order chi connectivity index (χ0) is 23.9. The molecule has 7 nitrogen and oxygen atoms in total. The van der Waals surface area contributed by atoms with Crippen molar-refractivity contribution in [3.8, 4) is 16.9 Å². The number of hydrogen-bond acceptors (Lipinski definition) is 4. The van der Waals surface area contributed by atoms with Gasteiger partial charge in [-0.1, -0.05) is 0 Å². The Balaban J connectivity index is 1.88. The van der Waals surface area contributed by atoms with Crippen LogP contribution in [-0.2, 0) is 7.05 Å². The highest BCUT2D eigenvalue weighted by Crippen LogP contribution is 2.33. The molecule has 172 valence electrons. The molecule has 0 bridgehead atoms. The van der Waals surface area contributed by atoms with E-state index in [0.717, 1.165) is 28.1 Å². The van der Waals surface area contributed by atoms with Crippen LogP contribution in [0.3, 0.4) is 0 Å². The van der Waals surface area contributed by atoms with E-state index in [-0.39, 0.29) is 6.54 Å². The highest BCUT2D eigenvalue weighted by Gasteiger charge is 2.26. The maximum atomic E-state index is 12.7. The minimum Gasteiger partial charge on any atom is -0.383 e. The molecule has 4 rings (SSSR count). The lowest BCUT2D eigenvalue weighted by Gasteiger charge is -2.15. The Bertz CT molecular complexity index is 1350. The quantitative estimate of drug-likeness (QED) is 0.447. The number of nitrogens with zero attached hydrogens (tertiary/aromatic N) is 4. The molecule has 0 radical (unpaired) electrons. The van der Waals surface area contributed by atoms with Crippen molar-refractivity contribution in [2.24, 2.45) is 12.8 Å². The molecule has 0 saturated heterocycles. The Kier molecular flexibility index (Phi) is 5.61. The number of fused-ring (bicyclic) bond motifs is 1. The van der Waals surface area contributed by atoms with Crippen molar-refractivity contribution < 1.29 is 18.0 Å². The van der Waals surface area contributed by atoms with Crippen LogP contribution in [0.15, 0.2) is 42.9 Å². The second-order valence-electron chi connectivity index (χ2n) is 7.88. The summed E-state index contributed by atoms with van der Waals surface area (Å²) >= 11 is 0. The monoisotopic (exact) mass is 456 g/mol. The van der Waals surface area contributed by atoms with Gasteiger partial charge < -0.3 is 11.1 Å². The summed E-state index contributed by atoms with van der Waals surface area (Å²) in [5.74, 6) is -0.507. The summed E-state index contributed by atoms with van der Waals surface area (Å²) < 4.78 is 41.7. The lowest BCUT2D eigenvalue weighted by atomic mass is 10.0. The summed E-state index contributed by atoms with van der Waals surface area (Å²) in [6.07, 6.45) is -1.94. The number of hydrogen-bond donors (Lipinski definition) is 2. The minimum absolute atomic E-state index is 0.272. The van der Waals surface area contributed by atoms with Gasteiger partial charge >= 0.3 is 6.18 Å². The molecule has 0 spiro atoms. The van der Waals surface area contributed by atoms with E-state index in [0.29, 0.717) is 22.3 Å². The number of anilines is 1. The predicted molar refractivity (Wildman–Crippen MR) is 120 cm³/mol. The fourth-order valence-corrected chi connectivity index (χ4v) is 3.92. The molecule has 0 aliphatic heterocycles. The second kappa shape index (κ2) is 8.27. The van der Waals surface area contributed by atoms with Crippen LogP contribution >= 0.6 is 0 Å². The molecule has 0 atom stereocenters. The summed E-state index contributed by atoms with van der Waals surface area (Å²) in [5, 5.41) is 7.09. The largest absolute Gasteiger partial charge is 0.390 e. The predicted octanol–water partition coefficient (Wildman–Crippen LogP) is 4.51. The number of carbonyl (C=O) groups excluding carboxylic acids is 1. The van der Waals surface area contributed by atoms with Gasteiger partial charge in [-0.2, -0.15) is 18.3 Å². The van der Waals surface area contributed by atoms with E-state index < -0.39 is 18.5 Å². The van der Waals surface area contributed by atoms with Crippen molar-refractivity contribution in [1.29, 1.82) is 0 Å². The molecule has 10 heteroatoms. The average Bonchev–Trinajstić information content (AvgIpc) is 3.35. The Hall–Kier alpha value is -3.82. The van der Waals surface area contributed by atoms with E-state index >= 15 is 0 Å². The van der Waals surface area contributed by atoms with Crippen LogP contribution in [0.25, 0.3) is 28.0 Å². The fraction of sp³-hybridized carbons (Fsp3) is 0.261. The normalized spacial score (nSPS) is 11.8. The number of primary amides is 1. The number of halogens is 3. The first kappa shape index (κ1) is 22.4. The van der Waals surface area contributed by atoms with Gasteiger partial charge in [-0.15, -0.1) is 0 Å². The van der Waals surface area contributed by atoms with Crippen molar-refractivity contribution in [3.63, 3.8) is 0 Å². The van der Waals surface area contributed by atoms with Crippen LogP contribution in [0.5, 0.6) is 0 Å². The number of alkyl halides is 3. The van der Waals surface area contributed by atoms with Crippen molar-refractivity contribution in [2.75, 3.05) is 11.9 Å². The molecule has 33 heavy (non-hydrogen) atoms. The zero-order valence-electron chi connectivity index (χ0n) is 18.4. The van der Waals surface area contributed by atoms with Crippen molar-refractivity contribution in [3.05, 3.63) is 59.5 Å². The van der Waals surface area contributed by atoms with Crippen LogP contribution in [0.2, 0.25) is 0 Å². The zero-order valence-corrected chi connectivity index (χ0v) is 18.4. The molecular formula is C23H23F3N6O. The third kappa shape index (κ3) is 4.28. The Morgan fingerprint density at radius 3 is 2.55 bits per heavy atom. The number of nitrogens with one attached hydrogen (secondary N) is 1. The summed E-state index contributed by atoms with van der Waals surface area (Å²) in [6.45, 7) is 3.44. The molecule has 0 aliphatic carbocycles. The third-order valence-corrected chi connectivity index (χ3v) is 5.78. The van der Waals surface area contributed by atoms with Gasteiger partial charge in [0.2, 0.25) is 5.91 Å². The molecule has 0 aliphatic rings. The molecule has 0 fully saturated rings. The maximum Gasteiger partial charge on any atom is 0.390 e. The standard InChI is InChI=1S/C23H23F3N6O/c1-13-14(2)18(5-4-16(13)22(27)33)32-12-29-21-17(28-9-7-23(24,25)26)10-15(11-20(21)32)19-6-8-30-31(19)3/h4-6,8,10-12,28H,7,9H2,1-3H3,(H2,27,33). The number of aryl methyl sites for hydroxylation is 1. The summed E-state index contributed by atoms with van der Waals surface area (Å²) in [5.41, 5.74) is 11.6. The van der Waals surface area contributed by atoms with Crippen LogP contribution < -0.4 is 11.1 Å². The van der Waals surface area contributed by atoms with Crippen LogP contribution in [0, 0.1) is 13.8 Å². The Labute approximate surface area is 188 Å². The van der Waals surface area contributed by atoms with Crippen LogP contribution in [-0.4, -0.2) is 38.0 Å². The van der Waals surface area contributed by atoms with E-state index in [2.05, 4.69) is 15.4 Å². The van der Waals surface area contributed by atoms with Gasteiger partial charge in [0.25, 0.3) is 0 Å². The van der Waals surface area contributed by atoms with Gasteiger partial charge in [0, 0.05) is 30.9 Å². The molecule has 2 aromatic heterocycles. The van der Waals surface area contributed by atoms with Crippen LogP contribution in [0.1, 0.15) is 27.9 Å². The van der Waals surface area contributed by atoms with Gasteiger partial charge in [0.1, 0.15) is 11.8 Å². The third-order valence-electron chi connectivity index (χ3n) is 5.78. The van der Waals surface area contributed by atoms with E-state index in [1.165, 1.54) is 0 Å². The molecule has 2 aromatic carbocycles. The number of rotatable bonds is 6. The minimum atomic E-state index is -4.26. The van der Waals surface area contributed by atoms with E-state index in [4.69, 9.17) is 5.73 Å². The lowest BCUT2D eigenvalue weighted by Crippen LogP contribution is -2.15. The SMILES string of the molecule is Cc1c(C(N)=O)ccc(-n2cnc3c(NCCC(F)(F)F)cc(-c4ccnn4C)cc32)c1C. The molecule has 1 amide bonds.